The molecule has 0 atom stereocenters. The van der Waals surface area contributed by atoms with E-state index in [9.17, 15) is 19.3 Å². The van der Waals surface area contributed by atoms with Gasteiger partial charge in [-0.1, -0.05) is 0 Å². The highest BCUT2D eigenvalue weighted by atomic mass is 19.1. The first kappa shape index (κ1) is 16.0. The number of nitro groups is 1. The van der Waals surface area contributed by atoms with Crippen molar-refractivity contribution < 1.29 is 14.1 Å². The Kier molecular flexibility index (Phi) is 5.57. The molecule has 7 heteroatoms. The molecule has 0 saturated heterocycles. The summed E-state index contributed by atoms with van der Waals surface area (Å²) in [6.07, 6.45) is 0.742. The number of nitro benzene ring substituents is 1. The van der Waals surface area contributed by atoms with Crippen LogP contribution >= 0.6 is 0 Å². The lowest BCUT2D eigenvalue weighted by molar-refractivity contribution is -0.384. The lowest BCUT2D eigenvalue weighted by Gasteiger charge is -2.18. The molecule has 1 amide bonds. The van der Waals surface area contributed by atoms with Crippen molar-refractivity contribution in [1.82, 2.24) is 9.80 Å². The molecule has 0 aliphatic heterocycles. The predicted molar refractivity (Wildman–Crippen MR) is 73.2 cm³/mol. The number of non-ortho nitro benzene ring substituents is 1. The van der Waals surface area contributed by atoms with Gasteiger partial charge >= 0.3 is 0 Å². The normalized spacial score (nSPS) is 10.7. The van der Waals surface area contributed by atoms with Crippen molar-refractivity contribution in [3.8, 4) is 0 Å². The maximum absolute atomic E-state index is 13.6. The molecule has 0 heterocycles. The van der Waals surface area contributed by atoms with Gasteiger partial charge in [-0.25, -0.2) is 4.39 Å². The largest absolute Gasteiger partial charge is 0.342 e. The van der Waals surface area contributed by atoms with E-state index in [2.05, 4.69) is 0 Å². The second-order valence-corrected chi connectivity index (χ2v) is 4.80. The Bertz CT molecular complexity index is 506. The number of rotatable bonds is 6. The van der Waals surface area contributed by atoms with E-state index in [0.717, 1.165) is 31.2 Å². The molecule has 0 aliphatic carbocycles. The van der Waals surface area contributed by atoms with Crippen LogP contribution in [-0.4, -0.2) is 54.9 Å². The monoisotopic (exact) mass is 283 g/mol. The van der Waals surface area contributed by atoms with Crippen LogP contribution < -0.4 is 0 Å². The van der Waals surface area contributed by atoms with E-state index in [1.165, 1.54) is 4.90 Å². The van der Waals surface area contributed by atoms with E-state index < -0.39 is 16.6 Å². The summed E-state index contributed by atoms with van der Waals surface area (Å²) in [6, 6.07) is 2.96. The first-order valence-corrected chi connectivity index (χ1v) is 6.17. The first-order valence-electron chi connectivity index (χ1n) is 6.17. The number of carbonyl (C=O) groups is 1. The molecule has 0 unspecified atom stereocenters. The number of benzene rings is 1. The number of carbonyl (C=O) groups excluding carboxylic acids is 1. The predicted octanol–water partition coefficient (Wildman–Crippen LogP) is 1.76. The maximum atomic E-state index is 13.6. The van der Waals surface area contributed by atoms with Crippen LogP contribution in [0.25, 0.3) is 0 Å². The molecule has 6 nitrogen and oxygen atoms in total. The minimum absolute atomic E-state index is 0.272. The van der Waals surface area contributed by atoms with Gasteiger partial charge in [-0.3, -0.25) is 14.9 Å². The van der Waals surface area contributed by atoms with E-state index in [4.69, 9.17) is 0 Å². The Morgan fingerprint density at radius 3 is 2.50 bits per heavy atom. The third-order valence-electron chi connectivity index (χ3n) is 2.84. The number of nitrogens with zero attached hydrogens (tertiary/aromatic N) is 3. The van der Waals surface area contributed by atoms with Crippen LogP contribution in [0.4, 0.5) is 10.1 Å². The Balaban J connectivity index is 2.80. The number of amides is 1. The van der Waals surface area contributed by atoms with E-state index >= 15 is 0 Å². The maximum Gasteiger partial charge on any atom is 0.270 e. The standard InChI is InChI=1S/C13H18FN3O3/c1-15(2)7-4-8-16(3)13(18)11-9-10(17(19)20)5-6-12(11)14/h5-6,9H,4,7-8H2,1-3H3. The quantitative estimate of drug-likeness (QED) is 0.589. The van der Waals surface area contributed by atoms with Gasteiger partial charge in [0.25, 0.3) is 11.6 Å². The van der Waals surface area contributed by atoms with Gasteiger partial charge in [0.1, 0.15) is 5.82 Å². The smallest absolute Gasteiger partial charge is 0.270 e. The molecule has 110 valence electrons. The minimum atomic E-state index is -0.750. The Morgan fingerprint density at radius 1 is 1.30 bits per heavy atom. The zero-order valence-electron chi connectivity index (χ0n) is 11.8. The van der Waals surface area contributed by atoms with Gasteiger partial charge < -0.3 is 9.80 Å². The second-order valence-electron chi connectivity index (χ2n) is 4.80. The summed E-state index contributed by atoms with van der Waals surface area (Å²) in [7, 11) is 5.39. The van der Waals surface area contributed by atoms with Crippen LogP contribution in [0.1, 0.15) is 16.8 Å². The summed E-state index contributed by atoms with van der Waals surface area (Å²) in [5.74, 6) is -1.30. The van der Waals surface area contributed by atoms with Gasteiger partial charge in [-0.15, -0.1) is 0 Å². The minimum Gasteiger partial charge on any atom is -0.342 e. The van der Waals surface area contributed by atoms with Crippen LogP contribution in [0.3, 0.4) is 0 Å². The van der Waals surface area contributed by atoms with E-state index in [1.54, 1.807) is 7.05 Å². The Hall–Kier alpha value is -2.02. The molecule has 0 N–H and O–H groups in total. The molecule has 0 radical (unpaired) electrons. The van der Waals surface area contributed by atoms with Crippen LogP contribution in [-0.2, 0) is 0 Å². The molecule has 0 bridgehead atoms. The molecule has 1 aromatic carbocycles. The van der Waals surface area contributed by atoms with Crippen LogP contribution in [0.2, 0.25) is 0 Å². The SMILES string of the molecule is CN(C)CCCN(C)C(=O)c1cc([N+](=O)[O-])ccc1F. The molecule has 20 heavy (non-hydrogen) atoms. The van der Waals surface area contributed by atoms with Gasteiger partial charge in [0.05, 0.1) is 10.5 Å². The Labute approximate surface area is 116 Å². The summed E-state index contributed by atoms with van der Waals surface area (Å²) in [6.45, 7) is 1.26. The van der Waals surface area contributed by atoms with Crippen LogP contribution in [0.15, 0.2) is 18.2 Å². The van der Waals surface area contributed by atoms with Gasteiger partial charge in [0.2, 0.25) is 0 Å². The van der Waals surface area contributed by atoms with Crippen molar-refractivity contribution in [2.75, 3.05) is 34.2 Å². The first-order chi connectivity index (χ1) is 9.32. The molecule has 1 rings (SSSR count). The average Bonchev–Trinajstić information content (AvgIpc) is 2.37. The van der Waals surface area contributed by atoms with Gasteiger partial charge in [-0.2, -0.15) is 0 Å². The third-order valence-corrected chi connectivity index (χ3v) is 2.84. The number of halogens is 1. The van der Waals surface area contributed by atoms with Crippen LogP contribution in [0, 0.1) is 15.9 Å². The molecule has 1 aromatic rings. The third kappa shape index (κ3) is 4.27. The number of hydrogen-bond acceptors (Lipinski definition) is 4. The highest BCUT2D eigenvalue weighted by molar-refractivity contribution is 5.94. The topological polar surface area (TPSA) is 66.7 Å². The molecule has 0 aliphatic rings. The average molecular weight is 283 g/mol. The molecular weight excluding hydrogens is 265 g/mol. The number of hydrogen-bond donors (Lipinski definition) is 0. The van der Waals surface area contributed by atoms with Gasteiger partial charge in [0.15, 0.2) is 0 Å². The van der Waals surface area contributed by atoms with Crippen molar-refractivity contribution in [2.24, 2.45) is 0 Å². The van der Waals surface area contributed by atoms with Crippen molar-refractivity contribution >= 4 is 11.6 Å². The van der Waals surface area contributed by atoms with Crippen molar-refractivity contribution in [2.45, 2.75) is 6.42 Å². The fourth-order valence-corrected chi connectivity index (χ4v) is 1.72. The zero-order chi connectivity index (χ0) is 15.3. The molecule has 0 saturated carbocycles. The van der Waals surface area contributed by atoms with Gasteiger partial charge in [-0.05, 0) is 33.1 Å². The zero-order valence-corrected chi connectivity index (χ0v) is 11.8. The van der Waals surface area contributed by atoms with E-state index in [0.29, 0.717) is 6.54 Å². The van der Waals surface area contributed by atoms with Crippen molar-refractivity contribution in [3.05, 3.63) is 39.7 Å². The lowest BCUT2D eigenvalue weighted by atomic mass is 10.1. The van der Waals surface area contributed by atoms with E-state index in [-0.39, 0.29) is 11.3 Å². The summed E-state index contributed by atoms with van der Waals surface area (Å²) in [5.41, 5.74) is -0.567. The highest BCUT2D eigenvalue weighted by Gasteiger charge is 2.19. The van der Waals surface area contributed by atoms with E-state index in [1.807, 2.05) is 19.0 Å². The summed E-state index contributed by atoms with van der Waals surface area (Å²) in [4.78, 5) is 25.4. The summed E-state index contributed by atoms with van der Waals surface area (Å²) in [5, 5.41) is 10.7. The van der Waals surface area contributed by atoms with Crippen molar-refractivity contribution in [3.63, 3.8) is 0 Å². The fourth-order valence-electron chi connectivity index (χ4n) is 1.72. The van der Waals surface area contributed by atoms with Gasteiger partial charge in [0, 0.05) is 25.7 Å². The highest BCUT2D eigenvalue weighted by Crippen LogP contribution is 2.18. The molecule has 0 spiro atoms. The summed E-state index contributed by atoms with van der Waals surface area (Å²) >= 11 is 0. The second kappa shape index (κ2) is 6.95. The molecule has 0 fully saturated rings. The molecule has 0 aromatic heterocycles. The van der Waals surface area contributed by atoms with Crippen molar-refractivity contribution in [1.29, 1.82) is 0 Å². The molecular formula is C13H18FN3O3. The van der Waals surface area contributed by atoms with Crippen LogP contribution in [0.5, 0.6) is 0 Å². The Morgan fingerprint density at radius 2 is 1.95 bits per heavy atom. The lowest BCUT2D eigenvalue weighted by Crippen LogP contribution is -2.30. The summed E-state index contributed by atoms with van der Waals surface area (Å²) < 4.78 is 13.6. The fraction of sp³-hybridized carbons (Fsp3) is 0.462.